The van der Waals surface area contributed by atoms with E-state index in [9.17, 15) is 0 Å². The van der Waals surface area contributed by atoms with Gasteiger partial charge in [0.1, 0.15) is 5.84 Å². The van der Waals surface area contributed by atoms with Crippen molar-refractivity contribution in [3.05, 3.63) is 65.9 Å². The molecule has 0 aliphatic carbocycles. The summed E-state index contributed by atoms with van der Waals surface area (Å²) >= 11 is 1.69. The number of hydrogen-bond donors (Lipinski definition) is 2. The minimum absolute atomic E-state index is 0.0961. The number of nitrogens with zero attached hydrogens (tertiary/aromatic N) is 1. The van der Waals surface area contributed by atoms with Gasteiger partial charge in [0.05, 0.1) is 5.69 Å². The molecule has 94 valence electrons. The smallest absolute Gasteiger partial charge is 0.122 e. The fourth-order valence-electron chi connectivity index (χ4n) is 1.91. The summed E-state index contributed by atoms with van der Waals surface area (Å²) in [7, 11) is 0. The predicted octanol–water partition coefficient (Wildman–Crippen LogP) is 3.47. The molecule has 3 rings (SSSR count). The van der Waals surface area contributed by atoms with Gasteiger partial charge in [0.15, 0.2) is 0 Å². The van der Waals surface area contributed by atoms with Crippen molar-refractivity contribution in [3.63, 3.8) is 0 Å². The van der Waals surface area contributed by atoms with Crippen LogP contribution in [0.4, 0.5) is 5.69 Å². The van der Waals surface area contributed by atoms with Gasteiger partial charge >= 0.3 is 0 Å². The van der Waals surface area contributed by atoms with Crippen LogP contribution in [0, 0.1) is 5.41 Å². The Hall–Kier alpha value is -2.20. The maximum Gasteiger partial charge on any atom is 0.122 e. The van der Waals surface area contributed by atoms with Crippen molar-refractivity contribution in [3.8, 4) is 0 Å². The van der Waals surface area contributed by atoms with Crippen LogP contribution >= 0.6 is 11.9 Å². The Labute approximate surface area is 116 Å². The Kier molecular flexibility index (Phi) is 3.01. The first-order valence-corrected chi connectivity index (χ1v) is 6.70. The summed E-state index contributed by atoms with van der Waals surface area (Å²) in [5.74, 6) is 0.0961. The van der Waals surface area contributed by atoms with Crippen LogP contribution in [0.25, 0.3) is 6.08 Å². The summed E-state index contributed by atoms with van der Waals surface area (Å²) in [6, 6.07) is 16.0. The lowest BCUT2D eigenvalue weighted by atomic mass is 10.2. The molecule has 4 heteroatoms. The highest BCUT2D eigenvalue weighted by atomic mass is 32.2. The molecule has 0 spiro atoms. The van der Waals surface area contributed by atoms with Gasteiger partial charge < -0.3 is 5.73 Å². The Morgan fingerprint density at radius 3 is 2.53 bits per heavy atom. The zero-order chi connectivity index (χ0) is 13.2. The van der Waals surface area contributed by atoms with Crippen molar-refractivity contribution in [2.24, 2.45) is 5.73 Å². The largest absolute Gasteiger partial charge is 0.384 e. The highest BCUT2D eigenvalue weighted by Gasteiger charge is 2.12. The fourth-order valence-corrected chi connectivity index (χ4v) is 2.85. The first-order valence-electron chi connectivity index (χ1n) is 5.93. The Bertz CT molecular complexity index is 647. The lowest BCUT2D eigenvalue weighted by molar-refractivity contribution is 1.34. The minimum atomic E-state index is 0.0961. The zero-order valence-corrected chi connectivity index (χ0v) is 11.0. The van der Waals surface area contributed by atoms with E-state index in [1.54, 1.807) is 11.9 Å². The normalized spacial score (nSPS) is 13.2. The Morgan fingerprint density at radius 2 is 1.79 bits per heavy atom. The number of anilines is 1. The van der Waals surface area contributed by atoms with Gasteiger partial charge in [0, 0.05) is 16.7 Å². The molecule has 2 aromatic rings. The molecule has 3 N–H and O–H groups in total. The van der Waals surface area contributed by atoms with E-state index in [4.69, 9.17) is 11.1 Å². The lowest BCUT2D eigenvalue weighted by Crippen LogP contribution is -2.12. The quantitative estimate of drug-likeness (QED) is 0.497. The molecule has 0 amide bonds. The summed E-state index contributed by atoms with van der Waals surface area (Å²) in [6.45, 7) is 0. The average Bonchev–Trinajstić information content (AvgIpc) is 2.47. The highest BCUT2D eigenvalue weighted by molar-refractivity contribution is 8.01. The van der Waals surface area contributed by atoms with Crippen molar-refractivity contribution in [1.82, 2.24) is 0 Å². The molecule has 0 saturated heterocycles. The number of benzene rings is 2. The molecule has 0 atom stereocenters. The van der Waals surface area contributed by atoms with E-state index in [-0.39, 0.29) is 5.84 Å². The lowest BCUT2D eigenvalue weighted by Gasteiger charge is -2.23. The number of amidine groups is 1. The van der Waals surface area contributed by atoms with Crippen LogP contribution in [0.5, 0.6) is 0 Å². The third kappa shape index (κ3) is 2.35. The second-order valence-corrected chi connectivity index (χ2v) is 5.25. The summed E-state index contributed by atoms with van der Waals surface area (Å²) in [4.78, 5) is 1.24. The van der Waals surface area contributed by atoms with Gasteiger partial charge in [-0.15, -0.1) is 0 Å². The van der Waals surface area contributed by atoms with E-state index in [0.29, 0.717) is 0 Å². The minimum Gasteiger partial charge on any atom is -0.384 e. The van der Waals surface area contributed by atoms with E-state index in [1.807, 2.05) is 36.4 Å². The van der Waals surface area contributed by atoms with Crippen LogP contribution in [0.3, 0.4) is 0 Å². The maximum atomic E-state index is 7.39. The van der Waals surface area contributed by atoms with Gasteiger partial charge in [-0.25, -0.2) is 0 Å². The first-order chi connectivity index (χ1) is 9.24. The van der Waals surface area contributed by atoms with Crippen LogP contribution in [-0.4, -0.2) is 5.84 Å². The molecule has 2 aromatic carbocycles. The van der Waals surface area contributed by atoms with Gasteiger partial charge in [-0.2, -0.15) is 0 Å². The van der Waals surface area contributed by atoms with E-state index in [2.05, 4.69) is 28.7 Å². The third-order valence-electron chi connectivity index (χ3n) is 2.94. The van der Waals surface area contributed by atoms with Crippen molar-refractivity contribution in [1.29, 1.82) is 5.41 Å². The van der Waals surface area contributed by atoms with Crippen LogP contribution in [0.1, 0.15) is 11.1 Å². The molecule has 0 unspecified atom stereocenters. The van der Waals surface area contributed by atoms with E-state index >= 15 is 0 Å². The molecule has 0 fully saturated rings. The molecule has 19 heavy (non-hydrogen) atoms. The molecule has 0 radical (unpaired) electrons. The molecule has 3 nitrogen and oxygen atoms in total. The van der Waals surface area contributed by atoms with Crippen molar-refractivity contribution in [2.45, 2.75) is 4.90 Å². The second-order valence-electron chi connectivity index (χ2n) is 4.23. The van der Waals surface area contributed by atoms with Crippen LogP contribution in [0.2, 0.25) is 0 Å². The van der Waals surface area contributed by atoms with Gasteiger partial charge in [0.2, 0.25) is 0 Å². The fraction of sp³-hybridized carbons (Fsp3) is 0. The van der Waals surface area contributed by atoms with E-state index in [0.717, 1.165) is 11.3 Å². The number of nitrogens with two attached hydrogens (primary N) is 1. The van der Waals surface area contributed by atoms with Crippen LogP contribution in [0.15, 0.2) is 59.6 Å². The van der Waals surface area contributed by atoms with Crippen molar-refractivity contribution in [2.75, 3.05) is 4.31 Å². The van der Waals surface area contributed by atoms with Gasteiger partial charge in [-0.1, -0.05) is 18.2 Å². The molecule has 0 bridgehead atoms. The highest BCUT2D eigenvalue weighted by Crippen LogP contribution is 2.35. The summed E-state index contributed by atoms with van der Waals surface area (Å²) in [5, 5.41) is 7.39. The van der Waals surface area contributed by atoms with E-state index < -0.39 is 0 Å². The summed E-state index contributed by atoms with van der Waals surface area (Å²) < 4.78 is 2.10. The monoisotopic (exact) mass is 267 g/mol. The molecule has 1 aliphatic heterocycles. The maximum absolute atomic E-state index is 7.39. The predicted molar refractivity (Wildman–Crippen MR) is 81.3 cm³/mol. The van der Waals surface area contributed by atoms with Crippen molar-refractivity contribution < 1.29 is 0 Å². The Morgan fingerprint density at radius 1 is 1.05 bits per heavy atom. The molecule has 1 aliphatic rings. The number of rotatable bonds is 2. The summed E-state index contributed by atoms with van der Waals surface area (Å²) in [6.07, 6.45) is 4.15. The Balaban J connectivity index is 1.87. The number of hydrogen-bond acceptors (Lipinski definition) is 3. The third-order valence-corrected chi connectivity index (χ3v) is 4.04. The topological polar surface area (TPSA) is 53.1 Å². The van der Waals surface area contributed by atoms with Crippen molar-refractivity contribution >= 4 is 29.5 Å². The molecular formula is C15H13N3S. The molecule has 1 heterocycles. The first kappa shape index (κ1) is 11.9. The molecular weight excluding hydrogens is 254 g/mol. The number of nitrogen functional groups attached to an aromatic ring is 1. The number of nitrogens with one attached hydrogen (secondary N) is 1. The SMILES string of the molecule is N=C(N)c1ccc(N2C=Cc3ccccc3S2)cc1. The van der Waals surface area contributed by atoms with Gasteiger partial charge in [-0.05, 0) is 53.9 Å². The van der Waals surface area contributed by atoms with Gasteiger partial charge in [0.25, 0.3) is 0 Å². The molecule has 0 saturated carbocycles. The standard InChI is InChI=1S/C15H13N3S/c16-15(17)12-5-7-13(8-6-12)18-10-9-11-3-1-2-4-14(11)19-18/h1-10H,(H3,16,17). The van der Waals surface area contributed by atoms with Crippen LogP contribution < -0.4 is 10.0 Å². The average molecular weight is 267 g/mol. The molecule has 0 aromatic heterocycles. The summed E-state index contributed by atoms with van der Waals surface area (Å²) in [5.41, 5.74) is 8.51. The second kappa shape index (κ2) is 4.82. The number of fused-ring (bicyclic) bond motifs is 1. The van der Waals surface area contributed by atoms with E-state index in [1.165, 1.54) is 10.5 Å². The zero-order valence-electron chi connectivity index (χ0n) is 10.2. The van der Waals surface area contributed by atoms with Gasteiger partial charge in [-0.3, -0.25) is 9.71 Å². The van der Waals surface area contributed by atoms with Crippen LogP contribution in [-0.2, 0) is 0 Å².